The molecule has 1 aliphatic carbocycles. The van der Waals surface area contributed by atoms with Gasteiger partial charge < -0.3 is 9.52 Å². The van der Waals surface area contributed by atoms with Crippen LogP contribution in [0.2, 0.25) is 10.0 Å². The molecule has 0 amide bonds. The van der Waals surface area contributed by atoms with Crippen molar-refractivity contribution in [3.63, 3.8) is 0 Å². The third kappa shape index (κ3) is 3.00. The maximum atomic E-state index is 12.2. The van der Waals surface area contributed by atoms with Crippen LogP contribution in [0.3, 0.4) is 0 Å². The summed E-state index contributed by atoms with van der Waals surface area (Å²) in [5.41, 5.74) is 3.08. The second-order valence-corrected chi connectivity index (χ2v) is 7.27. The molecule has 0 aromatic heterocycles. The first-order valence-electron chi connectivity index (χ1n) is 8.50. The van der Waals surface area contributed by atoms with E-state index in [0.717, 1.165) is 0 Å². The van der Waals surface area contributed by atoms with Crippen LogP contribution in [0, 0.1) is 0 Å². The van der Waals surface area contributed by atoms with Crippen molar-refractivity contribution in [2.45, 2.75) is 13.5 Å². The molecule has 0 unspecified atom stereocenters. The first-order chi connectivity index (χ1) is 13.4. The zero-order chi connectivity index (χ0) is 20.0. The molecule has 1 heterocycles. The van der Waals surface area contributed by atoms with Crippen LogP contribution in [-0.2, 0) is 6.61 Å². The summed E-state index contributed by atoms with van der Waals surface area (Å²) in [5.74, 6) is 0.240. The molecule has 2 aromatic carbocycles. The van der Waals surface area contributed by atoms with Crippen LogP contribution in [0.5, 0.6) is 0 Å². The van der Waals surface area contributed by atoms with E-state index in [2.05, 4.69) is 0 Å². The van der Waals surface area contributed by atoms with Gasteiger partial charge in [0.05, 0.1) is 11.6 Å². The number of fused-ring (bicyclic) bond motifs is 2. The van der Waals surface area contributed by atoms with Gasteiger partial charge in [0.1, 0.15) is 11.3 Å². The molecule has 4 rings (SSSR count). The molecule has 1 N–H and O–H groups in total. The van der Waals surface area contributed by atoms with Crippen LogP contribution in [0.15, 0.2) is 57.7 Å². The van der Waals surface area contributed by atoms with Crippen LogP contribution in [-0.4, -0.2) is 10.9 Å². The van der Waals surface area contributed by atoms with Crippen molar-refractivity contribution in [2.75, 3.05) is 0 Å². The van der Waals surface area contributed by atoms with Gasteiger partial charge in [0.15, 0.2) is 5.78 Å². The van der Waals surface area contributed by atoms with Crippen molar-refractivity contribution in [3.8, 4) is 22.5 Å². The third-order valence-electron chi connectivity index (χ3n) is 4.69. The van der Waals surface area contributed by atoms with Crippen LogP contribution < -0.4 is 5.43 Å². The van der Waals surface area contributed by atoms with Gasteiger partial charge in [0, 0.05) is 33.2 Å². The Morgan fingerprint density at radius 2 is 1.79 bits per heavy atom. The fourth-order valence-electron chi connectivity index (χ4n) is 3.37. The smallest absolute Gasteiger partial charge is 0.200 e. The van der Waals surface area contributed by atoms with E-state index in [0.29, 0.717) is 49.6 Å². The molecule has 4 nitrogen and oxygen atoms in total. The largest absolute Gasteiger partial charge is 0.456 e. The summed E-state index contributed by atoms with van der Waals surface area (Å²) in [6.07, 6.45) is 0. The normalized spacial score (nSPS) is 11.3. The molecule has 0 saturated carbocycles. The minimum atomic E-state index is -0.362. The number of halogens is 2. The summed E-state index contributed by atoms with van der Waals surface area (Å²) >= 11 is 12.4. The lowest BCUT2D eigenvalue weighted by Crippen LogP contribution is -2.04. The van der Waals surface area contributed by atoms with Gasteiger partial charge in [0.2, 0.25) is 5.43 Å². The molecule has 0 saturated heterocycles. The molecule has 2 aromatic rings. The number of hydrogen-bond acceptors (Lipinski definition) is 4. The predicted molar refractivity (Wildman–Crippen MR) is 110 cm³/mol. The van der Waals surface area contributed by atoms with Gasteiger partial charge in [-0.15, -0.1) is 0 Å². The maximum absolute atomic E-state index is 12.2. The molecule has 28 heavy (non-hydrogen) atoms. The first-order valence-corrected chi connectivity index (χ1v) is 9.26. The zero-order valence-electron chi connectivity index (χ0n) is 14.8. The highest BCUT2D eigenvalue weighted by Gasteiger charge is 2.22. The number of hydrogen-bond donors (Lipinski definition) is 1. The Bertz CT molecular complexity index is 1270. The van der Waals surface area contributed by atoms with Crippen molar-refractivity contribution >= 4 is 40.0 Å². The molecule has 2 aliphatic rings. The lowest BCUT2D eigenvalue weighted by molar-refractivity contribution is 0.101. The fraction of sp³-hybridized carbons (Fsp3) is 0.0909. The van der Waals surface area contributed by atoms with Gasteiger partial charge >= 0.3 is 0 Å². The van der Waals surface area contributed by atoms with Crippen molar-refractivity contribution in [2.24, 2.45) is 0 Å². The highest BCUT2D eigenvalue weighted by atomic mass is 35.5. The number of carbonyl (C=O) groups is 1. The average molecular weight is 413 g/mol. The van der Waals surface area contributed by atoms with E-state index < -0.39 is 0 Å². The Kier molecular flexibility index (Phi) is 4.71. The number of Topliss-reactive ketones (excluding diaryl/α,β-unsaturated/α-hetero) is 1. The number of aliphatic hydroxyl groups is 1. The van der Waals surface area contributed by atoms with Gasteiger partial charge in [-0.2, -0.15) is 0 Å². The molecule has 1 aliphatic heterocycles. The number of aliphatic hydroxyl groups excluding tert-OH is 1. The van der Waals surface area contributed by atoms with Crippen LogP contribution in [0.1, 0.15) is 22.8 Å². The maximum Gasteiger partial charge on any atom is 0.200 e. The number of ketones is 1. The average Bonchev–Trinajstić information content (AvgIpc) is 2.67. The van der Waals surface area contributed by atoms with Gasteiger partial charge in [0.25, 0.3) is 0 Å². The van der Waals surface area contributed by atoms with E-state index in [1.54, 1.807) is 30.3 Å². The summed E-state index contributed by atoms with van der Waals surface area (Å²) in [6, 6.07) is 13.4. The quantitative estimate of drug-likeness (QED) is 0.352. The SMILES string of the molecule is CC(=O)c1ccccc1-c1c2cc(Cl)c(=O)cc-2oc2cc(CO)c(Cl)cc12. The molecule has 140 valence electrons. The molecule has 0 fully saturated rings. The molecule has 0 bridgehead atoms. The van der Waals surface area contributed by atoms with Crippen molar-refractivity contribution in [3.05, 3.63) is 79.9 Å². The summed E-state index contributed by atoms with van der Waals surface area (Å²) < 4.78 is 5.93. The van der Waals surface area contributed by atoms with Crippen LogP contribution >= 0.6 is 23.2 Å². The monoisotopic (exact) mass is 412 g/mol. The van der Waals surface area contributed by atoms with E-state index >= 15 is 0 Å². The summed E-state index contributed by atoms with van der Waals surface area (Å²) in [7, 11) is 0. The molecule has 6 heteroatoms. The highest BCUT2D eigenvalue weighted by molar-refractivity contribution is 6.32. The lowest BCUT2D eigenvalue weighted by atomic mass is 9.89. The molecule has 0 radical (unpaired) electrons. The van der Waals surface area contributed by atoms with E-state index in [1.807, 2.05) is 12.1 Å². The number of rotatable bonds is 3. The third-order valence-corrected chi connectivity index (χ3v) is 5.33. The molecular weight excluding hydrogens is 399 g/mol. The fourth-order valence-corrected chi connectivity index (χ4v) is 3.76. The first kappa shape index (κ1) is 18.7. The van der Waals surface area contributed by atoms with Crippen molar-refractivity contribution in [1.82, 2.24) is 0 Å². The van der Waals surface area contributed by atoms with E-state index in [1.165, 1.54) is 13.0 Å². The zero-order valence-corrected chi connectivity index (χ0v) is 16.3. The number of carbonyl (C=O) groups excluding carboxylic acids is 1. The second kappa shape index (κ2) is 7.06. The Balaban J connectivity index is 2.25. The van der Waals surface area contributed by atoms with Gasteiger partial charge in [-0.25, -0.2) is 0 Å². The predicted octanol–water partition coefficient (Wildman–Crippen LogP) is 5.57. The summed E-state index contributed by atoms with van der Waals surface area (Å²) in [5, 5.41) is 10.6. The summed E-state index contributed by atoms with van der Waals surface area (Å²) in [6.45, 7) is 1.24. The standard InChI is InChI=1S/C22H14Cl2O4/c1-11(26)13-4-2-3-5-14(13)22-15-7-17(23)12(10-25)6-20(15)28-21-9-19(27)18(24)8-16(21)22/h2-9,25H,10H2,1H3. The highest BCUT2D eigenvalue weighted by Crippen LogP contribution is 2.43. The van der Waals surface area contributed by atoms with Crippen LogP contribution in [0.25, 0.3) is 33.4 Å². The van der Waals surface area contributed by atoms with Crippen LogP contribution in [0.4, 0.5) is 0 Å². The molecule has 0 atom stereocenters. The Hall–Kier alpha value is -2.66. The van der Waals surface area contributed by atoms with E-state index in [4.69, 9.17) is 27.6 Å². The van der Waals surface area contributed by atoms with Gasteiger partial charge in [-0.05, 0) is 36.2 Å². The van der Waals surface area contributed by atoms with Crippen molar-refractivity contribution in [1.29, 1.82) is 0 Å². The van der Waals surface area contributed by atoms with Gasteiger partial charge in [-0.3, -0.25) is 9.59 Å². The van der Waals surface area contributed by atoms with E-state index in [-0.39, 0.29) is 22.8 Å². The summed E-state index contributed by atoms with van der Waals surface area (Å²) in [4.78, 5) is 24.3. The minimum Gasteiger partial charge on any atom is -0.456 e. The second-order valence-electron chi connectivity index (χ2n) is 6.46. The Morgan fingerprint density at radius 1 is 1.04 bits per heavy atom. The molecule has 0 spiro atoms. The lowest BCUT2D eigenvalue weighted by Gasteiger charge is -2.18. The topological polar surface area (TPSA) is 67.5 Å². The van der Waals surface area contributed by atoms with Crippen molar-refractivity contribution < 1.29 is 14.3 Å². The Morgan fingerprint density at radius 3 is 2.50 bits per heavy atom. The Labute approximate surface area is 170 Å². The molecular formula is C22H14Cl2O4. The number of benzene rings is 3. The van der Waals surface area contributed by atoms with Gasteiger partial charge in [-0.1, -0.05) is 47.5 Å². The minimum absolute atomic E-state index is 0.0571. The van der Waals surface area contributed by atoms with E-state index in [9.17, 15) is 14.7 Å².